The molecule has 1 heterocycles. The van der Waals surface area contributed by atoms with Gasteiger partial charge < -0.3 is 9.47 Å². The number of halogens is 1. The van der Waals surface area contributed by atoms with Crippen LogP contribution >= 0.6 is 22.1 Å². The third-order valence-corrected chi connectivity index (χ3v) is 5.21. The summed E-state index contributed by atoms with van der Waals surface area (Å²) in [4.78, 5) is 16.8. The summed E-state index contributed by atoms with van der Waals surface area (Å²) < 4.78 is 10.2. The van der Waals surface area contributed by atoms with Crippen LogP contribution in [0, 0.1) is 0 Å². The van der Waals surface area contributed by atoms with Gasteiger partial charge in [0.15, 0.2) is 4.50 Å². The van der Waals surface area contributed by atoms with Gasteiger partial charge in [0, 0.05) is 12.0 Å². The normalized spacial score (nSPS) is 18.1. The SMILES string of the molecule is COC=S1C(Cl)=NC(C=Cc2ccccc2)=C1CC(=O)OC. The van der Waals surface area contributed by atoms with E-state index in [-0.39, 0.29) is 12.4 Å². The molecule has 6 heteroatoms. The lowest BCUT2D eigenvalue weighted by Crippen LogP contribution is -2.02. The Hall–Kier alpha value is -1.69. The van der Waals surface area contributed by atoms with Crippen LogP contribution in [0.2, 0.25) is 0 Å². The van der Waals surface area contributed by atoms with Crippen LogP contribution in [0.3, 0.4) is 0 Å². The van der Waals surface area contributed by atoms with Crippen molar-refractivity contribution in [1.82, 2.24) is 0 Å². The highest BCUT2D eigenvalue weighted by atomic mass is 35.5. The fourth-order valence-corrected chi connectivity index (χ4v) is 3.74. The van der Waals surface area contributed by atoms with Gasteiger partial charge in [-0.3, -0.25) is 4.79 Å². The van der Waals surface area contributed by atoms with E-state index in [4.69, 9.17) is 21.1 Å². The first-order valence-corrected chi connectivity index (χ1v) is 8.18. The van der Waals surface area contributed by atoms with Gasteiger partial charge in [-0.15, -0.1) is 0 Å². The maximum atomic E-state index is 11.6. The van der Waals surface area contributed by atoms with E-state index in [9.17, 15) is 4.79 Å². The lowest BCUT2D eigenvalue weighted by atomic mass is 10.2. The maximum Gasteiger partial charge on any atom is 0.310 e. The van der Waals surface area contributed by atoms with Crippen molar-refractivity contribution >= 4 is 44.2 Å². The fourth-order valence-electron chi connectivity index (χ4n) is 1.86. The predicted octanol–water partition coefficient (Wildman–Crippen LogP) is 3.76. The van der Waals surface area contributed by atoms with Crippen molar-refractivity contribution < 1.29 is 14.3 Å². The van der Waals surface area contributed by atoms with Crippen molar-refractivity contribution in [1.29, 1.82) is 0 Å². The maximum absolute atomic E-state index is 11.6. The summed E-state index contributed by atoms with van der Waals surface area (Å²) in [6, 6.07) is 9.83. The molecule has 0 saturated carbocycles. The van der Waals surface area contributed by atoms with E-state index < -0.39 is 10.5 Å². The Balaban J connectivity index is 2.35. The first kappa shape index (κ1) is 16.7. The van der Waals surface area contributed by atoms with Gasteiger partial charge in [0.05, 0.1) is 24.8 Å². The van der Waals surface area contributed by atoms with E-state index in [1.54, 1.807) is 12.7 Å². The molecule has 0 aliphatic carbocycles. The average Bonchev–Trinajstić information content (AvgIpc) is 2.82. The minimum Gasteiger partial charge on any atom is -0.469 e. The van der Waals surface area contributed by atoms with Gasteiger partial charge in [-0.05, 0) is 11.6 Å². The molecule has 22 heavy (non-hydrogen) atoms. The number of carbonyl (C=O) groups excluding carboxylic acids is 1. The van der Waals surface area contributed by atoms with Crippen LogP contribution in [0.15, 0.2) is 52.0 Å². The lowest BCUT2D eigenvalue weighted by Gasteiger charge is -2.06. The number of benzene rings is 1. The number of allylic oxidation sites excluding steroid dienone is 1. The molecule has 1 aromatic rings. The molecule has 0 radical (unpaired) electrons. The standard InChI is InChI=1S/C16H16ClNO3S/c1-20-11-22-14(10-15(19)21-2)13(18-16(22)17)9-8-12-6-4-3-5-7-12/h3-9,11H,10H2,1-2H3. The number of ether oxygens (including phenoxy) is 2. The molecule has 1 aliphatic rings. The van der Waals surface area contributed by atoms with Gasteiger partial charge in [-0.25, -0.2) is 4.99 Å². The van der Waals surface area contributed by atoms with Gasteiger partial charge in [0.25, 0.3) is 0 Å². The van der Waals surface area contributed by atoms with E-state index in [1.165, 1.54) is 7.11 Å². The summed E-state index contributed by atoms with van der Waals surface area (Å²) >= 11 is 6.18. The van der Waals surface area contributed by atoms with Crippen molar-refractivity contribution in [2.75, 3.05) is 14.2 Å². The van der Waals surface area contributed by atoms with Gasteiger partial charge in [-0.1, -0.05) is 58.5 Å². The first-order valence-electron chi connectivity index (χ1n) is 6.52. The van der Waals surface area contributed by atoms with Crippen LogP contribution in [0.25, 0.3) is 6.08 Å². The molecule has 1 aliphatic heterocycles. The topological polar surface area (TPSA) is 47.9 Å². The number of nitrogens with zero attached hydrogens (tertiary/aromatic N) is 1. The first-order chi connectivity index (χ1) is 10.7. The van der Waals surface area contributed by atoms with Crippen molar-refractivity contribution in [2.45, 2.75) is 6.42 Å². The molecule has 1 atom stereocenters. The minimum atomic E-state index is -0.624. The van der Waals surface area contributed by atoms with Crippen molar-refractivity contribution in [3.8, 4) is 0 Å². The molecule has 0 N–H and O–H groups in total. The molecule has 2 rings (SSSR count). The molecule has 0 amide bonds. The zero-order valence-corrected chi connectivity index (χ0v) is 13.9. The second kappa shape index (κ2) is 8.08. The van der Waals surface area contributed by atoms with Crippen LogP contribution in [0.5, 0.6) is 0 Å². The number of methoxy groups -OCH3 is 2. The van der Waals surface area contributed by atoms with Crippen molar-refractivity contribution in [2.24, 2.45) is 4.99 Å². The molecular weight excluding hydrogens is 322 g/mol. The number of hydrogen-bond donors (Lipinski definition) is 0. The number of esters is 1. The third-order valence-electron chi connectivity index (χ3n) is 2.90. The van der Waals surface area contributed by atoms with Gasteiger partial charge in [0.1, 0.15) is 0 Å². The number of rotatable bonds is 5. The van der Waals surface area contributed by atoms with Crippen LogP contribution in [0.1, 0.15) is 12.0 Å². The molecule has 0 fully saturated rings. The number of aliphatic imine (C=N–C) groups is 1. The number of carbonyl (C=O) groups is 1. The predicted molar refractivity (Wildman–Crippen MR) is 93.1 cm³/mol. The highest BCUT2D eigenvalue weighted by molar-refractivity contribution is 8.33. The molecule has 0 aromatic heterocycles. The second-order valence-electron chi connectivity index (χ2n) is 4.34. The largest absolute Gasteiger partial charge is 0.469 e. The smallest absolute Gasteiger partial charge is 0.310 e. The Labute approximate surface area is 137 Å². The molecule has 116 valence electrons. The molecule has 0 bridgehead atoms. The lowest BCUT2D eigenvalue weighted by molar-refractivity contribution is -0.139. The highest BCUT2D eigenvalue weighted by Gasteiger charge is 2.23. The summed E-state index contributed by atoms with van der Waals surface area (Å²) in [5.41, 5.74) is 3.31. The average molecular weight is 338 g/mol. The summed E-state index contributed by atoms with van der Waals surface area (Å²) in [6.07, 6.45) is 3.92. The van der Waals surface area contributed by atoms with Gasteiger partial charge in [-0.2, -0.15) is 0 Å². The van der Waals surface area contributed by atoms with E-state index in [2.05, 4.69) is 4.99 Å². The number of hydrogen-bond acceptors (Lipinski definition) is 4. The van der Waals surface area contributed by atoms with Crippen LogP contribution in [0.4, 0.5) is 0 Å². The monoisotopic (exact) mass is 337 g/mol. The van der Waals surface area contributed by atoms with Crippen LogP contribution < -0.4 is 0 Å². The van der Waals surface area contributed by atoms with Crippen molar-refractivity contribution in [3.63, 3.8) is 0 Å². The van der Waals surface area contributed by atoms with E-state index >= 15 is 0 Å². The molecule has 4 nitrogen and oxygen atoms in total. The molecule has 0 saturated heterocycles. The van der Waals surface area contributed by atoms with Crippen LogP contribution in [-0.4, -0.2) is 30.2 Å². The highest BCUT2D eigenvalue weighted by Crippen LogP contribution is 2.41. The molecule has 1 aromatic carbocycles. The zero-order valence-electron chi connectivity index (χ0n) is 12.3. The third kappa shape index (κ3) is 4.16. The Kier molecular flexibility index (Phi) is 6.12. The Morgan fingerprint density at radius 1 is 1.27 bits per heavy atom. The summed E-state index contributed by atoms with van der Waals surface area (Å²) in [6.45, 7) is 0. The molecule has 0 spiro atoms. The van der Waals surface area contributed by atoms with Crippen molar-refractivity contribution in [3.05, 3.63) is 52.6 Å². The Morgan fingerprint density at radius 2 is 2.00 bits per heavy atom. The Morgan fingerprint density at radius 3 is 2.64 bits per heavy atom. The van der Waals surface area contributed by atoms with Gasteiger partial charge in [0.2, 0.25) is 0 Å². The summed E-state index contributed by atoms with van der Waals surface area (Å²) in [7, 11) is 2.28. The van der Waals surface area contributed by atoms with Crippen LogP contribution in [-0.2, 0) is 14.3 Å². The quantitative estimate of drug-likeness (QED) is 0.607. The zero-order chi connectivity index (χ0) is 15.9. The van der Waals surface area contributed by atoms with E-state index in [0.29, 0.717) is 10.2 Å². The van der Waals surface area contributed by atoms with E-state index in [1.807, 2.05) is 42.5 Å². The fraction of sp³-hybridized carbons (Fsp3) is 0.188. The minimum absolute atomic E-state index is 0.133. The van der Waals surface area contributed by atoms with E-state index in [0.717, 1.165) is 10.5 Å². The summed E-state index contributed by atoms with van der Waals surface area (Å²) in [5.74, 6) is -0.329. The molecular formula is C16H16ClNO3S. The summed E-state index contributed by atoms with van der Waals surface area (Å²) in [5, 5.41) is 0. The molecule has 1 unspecified atom stereocenters. The second-order valence-corrected chi connectivity index (χ2v) is 6.67. The Bertz CT molecular complexity index is 678. The van der Waals surface area contributed by atoms with Gasteiger partial charge >= 0.3 is 5.97 Å².